The summed E-state index contributed by atoms with van der Waals surface area (Å²) in [4.78, 5) is 43.3. The molecule has 0 bridgehead atoms. The van der Waals surface area contributed by atoms with Gasteiger partial charge >= 0.3 is 18.2 Å². The minimum absolute atomic E-state index is 0.0162. The van der Waals surface area contributed by atoms with Crippen molar-refractivity contribution in [3.05, 3.63) is 59.2 Å². The molecule has 2 aromatic carbocycles. The summed E-state index contributed by atoms with van der Waals surface area (Å²) in [5, 5.41) is 2.84. The summed E-state index contributed by atoms with van der Waals surface area (Å²) in [6.45, 7) is 9.98. The molecule has 0 unspecified atom stereocenters. The maximum atomic E-state index is 13.4. The maximum absolute atomic E-state index is 13.4. The van der Waals surface area contributed by atoms with Crippen molar-refractivity contribution in [3.63, 3.8) is 0 Å². The van der Waals surface area contributed by atoms with Crippen LogP contribution in [0.2, 0.25) is 25.7 Å². The van der Waals surface area contributed by atoms with Gasteiger partial charge in [-0.3, -0.25) is 19.1 Å². The molecule has 2 heterocycles. The Bertz CT molecular complexity index is 1590. The van der Waals surface area contributed by atoms with Gasteiger partial charge in [0, 0.05) is 52.5 Å². The highest BCUT2D eigenvalue weighted by Crippen LogP contribution is 2.30. The van der Waals surface area contributed by atoms with Crippen molar-refractivity contribution < 1.29 is 37.0 Å². The molecule has 0 radical (unpaired) electrons. The zero-order valence-corrected chi connectivity index (χ0v) is 26.4. The molecule has 0 spiro atoms. The second-order valence-electron chi connectivity index (χ2n) is 11.8. The lowest BCUT2D eigenvalue weighted by molar-refractivity contribution is -0.141. The van der Waals surface area contributed by atoms with E-state index in [9.17, 15) is 27.6 Å². The molecule has 1 aliphatic heterocycles. The molecule has 3 aromatic rings. The molecule has 1 aliphatic rings. The first kappa shape index (κ1) is 33.0. The zero-order valence-electron chi connectivity index (χ0n) is 25.4. The lowest BCUT2D eigenvalue weighted by Gasteiger charge is -2.27. The monoisotopic (exact) mass is 633 g/mol. The van der Waals surface area contributed by atoms with Crippen LogP contribution in [0.15, 0.2) is 47.5 Å². The number of aromatic nitrogens is 2. The number of nitrogens with one attached hydrogen (secondary N) is 1. The molecular weight excluding hydrogens is 595 g/mol. The van der Waals surface area contributed by atoms with Gasteiger partial charge in [-0.25, -0.2) is 4.79 Å². The highest BCUT2D eigenvalue weighted by Gasteiger charge is 2.31. The molecule has 1 fully saturated rings. The van der Waals surface area contributed by atoms with Gasteiger partial charge in [0.05, 0.1) is 23.2 Å². The van der Waals surface area contributed by atoms with E-state index in [1.165, 1.54) is 19.1 Å². The van der Waals surface area contributed by atoms with E-state index in [0.29, 0.717) is 42.8 Å². The van der Waals surface area contributed by atoms with Crippen molar-refractivity contribution in [1.29, 1.82) is 0 Å². The Hall–Kier alpha value is -3.91. The highest BCUT2D eigenvalue weighted by molar-refractivity contribution is 6.76. The number of carbonyl (C=O) groups excluding carboxylic acids is 3. The van der Waals surface area contributed by atoms with E-state index < -0.39 is 31.7 Å². The fourth-order valence-electron chi connectivity index (χ4n) is 4.79. The first-order chi connectivity index (χ1) is 20.7. The third kappa shape index (κ3) is 8.38. The van der Waals surface area contributed by atoms with Crippen molar-refractivity contribution in [3.8, 4) is 0 Å². The summed E-state index contributed by atoms with van der Waals surface area (Å²) >= 11 is 0. The van der Waals surface area contributed by atoms with Crippen molar-refractivity contribution in [2.75, 3.05) is 31.2 Å². The fraction of sp³-hybridized carbons (Fsp3) is 0.467. The Kier molecular flexibility index (Phi) is 10.4. The van der Waals surface area contributed by atoms with Crippen LogP contribution in [0.5, 0.6) is 0 Å². The summed E-state index contributed by atoms with van der Waals surface area (Å²) in [6, 6.07) is 10.2. The highest BCUT2D eigenvalue weighted by atomic mass is 28.3. The van der Waals surface area contributed by atoms with Crippen molar-refractivity contribution in [2.45, 2.75) is 64.9 Å². The van der Waals surface area contributed by atoms with E-state index in [0.717, 1.165) is 24.6 Å². The summed E-state index contributed by atoms with van der Waals surface area (Å²) < 4.78 is 54.8. The van der Waals surface area contributed by atoms with Crippen LogP contribution in [-0.2, 0) is 33.7 Å². The molecule has 3 amide bonds. The van der Waals surface area contributed by atoms with Crippen molar-refractivity contribution in [1.82, 2.24) is 14.5 Å². The van der Waals surface area contributed by atoms with Crippen molar-refractivity contribution >= 4 is 42.7 Å². The van der Waals surface area contributed by atoms with Crippen LogP contribution in [0.4, 0.5) is 23.7 Å². The lowest BCUT2D eigenvalue weighted by atomic mass is 10.1. The SMILES string of the molecule is CC(=O)OCCCn1/c(=N/C(=O)c2cccc(C(F)(F)F)c2)n(COCC[Si](C)(C)C)c2cc(N3CCCNC3=O)ccc21. The van der Waals surface area contributed by atoms with Gasteiger partial charge < -0.3 is 19.4 Å². The van der Waals surface area contributed by atoms with E-state index in [1.54, 1.807) is 20.1 Å². The van der Waals surface area contributed by atoms with Crippen molar-refractivity contribution in [2.24, 2.45) is 4.99 Å². The molecular formula is C30H38F3N5O5Si. The van der Waals surface area contributed by atoms with Crippen LogP contribution < -0.4 is 15.8 Å². The number of nitrogens with zero attached hydrogens (tertiary/aromatic N) is 4. The number of urea groups is 1. The number of amides is 3. The van der Waals surface area contributed by atoms with Gasteiger partial charge in [-0.1, -0.05) is 25.7 Å². The number of anilines is 1. The van der Waals surface area contributed by atoms with Gasteiger partial charge in [-0.05, 0) is 55.3 Å². The molecule has 0 saturated carbocycles. The number of hydrogen-bond donors (Lipinski definition) is 1. The molecule has 1 N–H and O–H groups in total. The van der Waals surface area contributed by atoms with Crippen LogP contribution in [-0.4, -0.2) is 61.4 Å². The number of fused-ring (bicyclic) bond motifs is 1. The average molecular weight is 634 g/mol. The van der Waals surface area contributed by atoms with Gasteiger partial charge in [-0.2, -0.15) is 18.2 Å². The summed E-state index contributed by atoms with van der Waals surface area (Å²) in [5.41, 5.74) is 0.924. The van der Waals surface area contributed by atoms with Gasteiger partial charge in [0.2, 0.25) is 5.62 Å². The number of imidazole rings is 1. The third-order valence-corrected chi connectivity index (χ3v) is 8.81. The lowest BCUT2D eigenvalue weighted by Crippen LogP contribution is -2.46. The van der Waals surface area contributed by atoms with E-state index in [-0.39, 0.29) is 37.1 Å². The molecule has 10 nitrogen and oxygen atoms in total. The standard InChI is InChI=1S/C30H38F3N5O5Si/c1-21(39)43-15-7-14-37-25-11-10-24(36-13-6-12-34-29(36)41)19-26(25)38(20-42-16-17-44(2,3)4)28(37)35-27(40)22-8-5-9-23(18-22)30(31,32)33/h5,8-11,18-19H,6-7,12-17,20H2,1-4H3,(H,34,41)/b35-28-. The van der Waals surface area contributed by atoms with Gasteiger partial charge in [0.25, 0.3) is 5.91 Å². The van der Waals surface area contributed by atoms with Crippen LogP contribution in [0.25, 0.3) is 11.0 Å². The molecule has 238 valence electrons. The number of halogens is 3. The van der Waals surface area contributed by atoms with E-state index >= 15 is 0 Å². The Morgan fingerprint density at radius 2 is 1.82 bits per heavy atom. The molecule has 4 rings (SSSR count). The number of alkyl halides is 3. The third-order valence-electron chi connectivity index (χ3n) is 7.10. The topological polar surface area (TPSA) is 107 Å². The number of rotatable bonds is 11. The first-order valence-electron chi connectivity index (χ1n) is 14.5. The number of aryl methyl sites for hydroxylation is 1. The number of hydrogen-bond acceptors (Lipinski definition) is 5. The van der Waals surface area contributed by atoms with E-state index in [2.05, 4.69) is 30.0 Å². The molecule has 1 aromatic heterocycles. The zero-order chi connectivity index (χ0) is 32.1. The van der Waals surface area contributed by atoms with E-state index in [1.807, 2.05) is 12.1 Å². The number of benzene rings is 2. The minimum atomic E-state index is -4.62. The Labute approximate surface area is 254 Å². The van der Waals surface area contributed by atoms with Crippen LogP contribution in [0, 0.1) is 0 Å². The Morgan fingerprint density at radius 3 is 2.50 bits per heavy atom. The number of esters is 1. The van der Waals surface area contributed by atoms with Gasteiger partial charge in [0.15, 0.2) is 0 Å². The van der Waals surface area contributed by atoms with Crippen LogP contribution in [0.3, 0.4) is 0 Å². The Morgan fingerprint density at radius 1 is 1.05 bits per heavy atom. The number of ether oxygens (including phenoxy) is 2. The molecule has 0 atom stereocenters. The number of carbonyl (C=O) groups is 3. The minimum Gasteiger partial charge on any atom is -0.466 e. The normalized spacial score (nSPS) is 14.7. The molecule has 44 heavy (non-hydrogen) atoms. The maximum Gasteiger partial charge on any atom is 0.416 e. The predicted molar refractivity (Wildman–Crippen MR) is 162 cm³/mol. The first-order valence-corrected chi connectivity index (χ1v) is 18.2. The summed E-state index contributed by atoms with van der Waals surface area (Å²) in [7, 11) is -1.42. The smallest absolute Gasteiger partial charge is 0.416 e. The summed E-state index contributed by atoms with van der Waals surface area (Å²) in [6.07, 6.45) is -3.47. The summed E-state index contributed by atoms with van der Waals surface area (Å²) in [5.74, 6) is -1.28. The van der Waals surface area contributed by atoms with Crippen LogP contribution >= 0.6 is 0 Å². The Balaban J connectivity index is 1.85. The molecule has 14 heteroatoms. The van der Waals surface area contributed by atoms with Gasteiger partial charge in [0.1, 0.15) is 6.73 Å². The largest absolute Gasteiger partial charge is 0.466 e. The second-order valence-corrected chi connectivity index (χ2v) is 17.4. The fourth-order valence-corrected chi connectivity index (χ4v) is 5.54. The van der Waals surface area contributed by atoms with Crippen LogP contribution in [0.1, 0.15) is 35.7 Å². The molecule has 1 saturated heterocycles. The van der Waals surface area contributed by atoms with Gasteiger partial charge in [-0.15, -0.1) is 0 Å². The quantitative estimate of drug-likeness (QED) is 0.173. The average Bonchev–Trinajstić information content (AvgIpc) is 3.23. The molecule has 0 aliphatic carbocycles. The predicted octanol–water partition coefficient (Wildman–Crippen LogP) is 5.39. The second kappa shape index (κ2) is 13.8. The van der Waals surface area contributed by atoms with E-state index in [4.69, 9.17) is 9.47 Å².